The number of fused-ring (bicyclic) bond motifs is 1. The molecular weight excluding hydrogens is 335 g/mol. The van der Waals surface area contributed by atoms with Crippen molar-refractivity contribution >= 4 is 18.3 Å². The zero-order valence-corrected chi connectivity index (χ0v) is 14.6. The van der Waals surface area contributed by atoms with Gasteiger partial charge in [0.05, 0.1) is 6.61 Å². The van der Waals surface area contributed by atoms with E-state index < -0.39 is 0 Å². The van der Waals surface area contributed by atoms with Crippen molar-refractivity contribution in [2.24, 2.45) is 5.92 Å². The normalized spacial score (nSPS) is 22.8. The molecule has 2 heterocycles. The number of hydrogen-bond donors (Lipinski definition) is 2. The molecule has 0 unspecified atom stereocenters. The molecule has 24 heavy (non-hydrogen) atoms. The van der Waals surface area contributed by atoms with Crippen molar-refractivity contribution in [3.05, 3.63) is 29.1 Å². The van der Waals surface area contributed by atoms with Crippen LogP contribution in [0, 0.1) is 11.7 Å². The Bertz CT molecular complexity index is 585. The number of piperidine rings is 1. The van der Waals surface area contributed by atoms with Crippen LogP contribution in [0.1, 0.15) is 30.9 Å². The number of carbonyl (C=O) groups excluding carboxylic acids is 1. The quantitative estimate of drug-likeness (QED) is 0.866. The number of rotatable bonds is 4. The first-order chi connectivity index (χ1) is 11.1. The van der Waals surface area contributed by atoms with Crippen LogP contribution in [0.3, 0.4) is 0 Å². The van der Waals surface area contributed by atoms with Crippen LogP contribution in [-0.2, 0) is 22.6 Å². The Morgan fingerprint density at radius 2 is 2.29 bits per heavy atom. The molecule has 134 valence electrons. The number of benzene rings is 1. The Morgan fingerprint density at radius 3 is 3.08 bits per heavy atom. The Balaban J connectivity index is 0.00000208. The van der Waals surface area contributed by atoms with Gasteiger partial charge in [0.15, 0.2) is 6.79 Å². The van der Waals surface area contributed by atoms with Crippen LogP contribution in [0.5, 0.6) is 5.75 Å². The number of amides is 1. The van der Waals surface area contributed by atoms with Gasteiger partial charge in [-0.3, -0.25) is 4.79 Å². The molecule has 1 amide bonds. The highest BCUT2D eigenvalue weighted by Crippen LogP contribution is 2.29. The number of carbonyl (C=O) groups is 1. The lowest BCUT2D eigenvalue weighted by molar-refractivity contribution is -0.126. The van der Waals surface area contributed by atoms with Crippen LogP contribution in [0.2, 0.25) is 0 Å². The largest absolute Gasteiger partial charge is 0.467 e. The maximum absolute atomic E-state index is 13.7. The van der Waals surface area contributed by atoms with Crippen LogP contribution in [-0.4, -0.2) is 31.8 Å². The first-order valence-electron chi connectivity index (χ1n) is 8.16. The van der Waals surface area contributed by atoms with Crippen LogP contribution >= 0.6 is 12.4 Å². The van der Waals surface area contributed by atoms with Gasteiger partial charge in [-0.1, -0.05) is 0 Å². The monoisotopic (exact) mass is 358 g/mol. The van der Waals surface area contributed by atoms with E-state index in [4.69, 9.17) is 9.47 Å². The van der Waals surface area contributed by atoms with Gasteiger partial charge in [-0.15, -0.1) is 12.4 Å². The Hall–Kier alpha value is -1.37. The van der Waals surface area contributed by atoms with E-state index >= 15 is 0 Å². The minimum atomic E-state index is -0.300. The van der Waals surface area contributed by atoms with Crippen molar-refractivity contribution < 1.29 is 18.7 Å². The third kappa shape index (κ3) is 4.59. The smallest absolute Gasteiger partial charge is 0.223 e. The Morgan fingerprint density at radius 1 is 1.46 bits per heavy atom. The highest BCUT2D eigenvalue weighted by atomic mass is 35.5. The van der Waals surface area contributed by atoms with Crippen LogP contribution in [0.15, 0.2) is 12.1 Å². The van der Waals surface area contributed by atoms with Gasteiger partial charge in [0, 0.05) is 24.1 Å². The average molecular weight is 359 g/mol. The second kappa shape index (κ2) is 8.65. The molecule has 0 bridgehead atoms. The van der Waals surface area contributed by atoms with E-state index in [1.807, 2.05) is 0 Å². The lowest BCUT2D eigenvalue weighted by Crippen LogP contribution is -2.42. The lowest BCUT2D eigenvalue weighted by atomic mass is 9.92. The predicted octanol–water partition coefficient (Wildman–Crippen LogP) is 2.16. The summed E-state index contributed by atoms with van der Waals surface area (Å²) in [6, 6.07) is 3.29. The summed E-state index contributed by atoms with van der Waals surface area (Å²) < 4.78 is 24.3. The van der Waals surface area contributed by atoms with Gasteiger partial charge >= 0.3 is 0 Å². The molecule has 3 rings (SSSR count). The molecule has 0 radical (unpaired) electrons. The molecule has 1 aromatic carbocycles. The van der Waals surface area contributed by atoms with Gasteiger partial charge in [-0.25, -0.2) is 4.39 Å². The molecule has 1 aromatic rings. The van der Waals surface area contributed by atoms with E-state index in [9.17, 15) is 9.18 Å². The van der Waals surface area contributed by atoms with Gasteiger partial charge in [-0.05, 0) is 50.4 Å². The molecule has 0 saturated carbocycles. The highest BCUT2D eigenvalue weighted by Gasteiger charge is 2.24. The third-order valence-electron chi connectivity index (χ3n) is 4.44. The molecule has 2 N–H and O–H groups in total. The molecule has 0 aromatic heterocycles. The molecule has 0 spiro atoms. The Labute approximate surface area is 147 Å². The van der Waals surface area contributed by atoms with Crippen molar-refractivity contribution in [2.45, 2.75) is 38.8 Å². The molecule has 1 fully saturated rings. The first-order valence-corrected chi connectivity index (χ1v) is 8.16. The SMILES string of the molecule is C[C@H]1C[C@@H](C(=O)NCCc2cc(F)cc3c2OCOC3)CCN1.Cl. The fourth-order valence-corrected chi connectivity index (χ4v) is 3.28. The molecule has 5 nitrogen and oxygen atoms in total. The van der Waals surface area contributed by atoms with Crippen molar-refractivity contribution in [1.82, 2.24) is 10.6 Å². The van der Waals surface area contributed by atoms with Gasteiger partial charge in [0.1, 0.15) is 11.6 Å². The maximum atomic E-state index is 13.7. The average Bonchev–Trinajstić information content (AvgIpc) is 2.54. The molecule has 7 heteroatoms. The van der Waals surface area contributed by atoms with Gasteiger partial charge in [-0.2, -0.15) is 0 Å². The molecular formula is C17H24ClFN2O3. The number of halogens is 2. The molecule has 2 atom stereocenters. The minimum Gasteiger partial charge on any atom is -0.467 e. The summed E-state index contributed by atoms with van der Waals surface area (Å²) in [5.41, 5.74) is 1.51. The van der Waals surface area contributed by atoms with Crippen LogP contribution < -0.4 is 15.4 Å². The van der Waals surface area contributed by atoms with E-state index in [0.29, 0.717) is 31.4 Å². The summed E-state index contributed by atoms with van der Waals surface area (Å²) in [7, 11) is 0. The lowest BCUT2D eigenvalue weighted by Gasteiger charge is -2.27. The van der Waals surface area contributed by atoms with Gasteiger partial charge < -0.3 is 20.1 Å². The zero-order chi connectivity index (χ0) is 16.2. The van der Waals surface area contributed by atoms with E-state index in [0.717, 1.165) is 30.5 Å². The second-order valence-corrected chi connectivity index (χ2v) is 6.28. The van der Waals surface area contributed by atoms with Crippen molar-refractivity contribution in [3.63, 3.8) is 0 Å². The molecule has 2 aliphatic rings. The summed E-state index contributed by atoms with van der Waals surface area (Å²) in [5, 5.41) is 6.31. The van der Waals surface area contributed by atoms with Crippen LogP contribution in [0.4, 0.5) is 4.39 Å². The number of nitrogens with one attached hydrogen (secondary N) is 2. The van der Waals surface area contributed by atoms with Crippen molar-refractivity contribution in [2.75, 3.05) is 19.9 Å². The van der Waals surface area contributed by atoms with Gasteiger partial charge in [0.2, 0.25) is 5.91 Å². The van der Waals surface area contributed by atoms with E-state index in [-0.39, 0.29) is 36.8 Å². The molecule has 0 aliphatic carbocycles. The number of ether oxygens (including phenoxy) is 2. The second-order valence-electron chi connectivity index (χ2n) is 6.28. The van der Waals surface area contributed by atoms with Crippen molar-refractivity contribution in [3.8, 4) is 5.75 Å². The maximum Gasteiger partial charge on any atom is 0.223 e. The third-order valence-corrected chi connectivity index (χ3v) is 4.44. The standard InChI is InChI=1S/C17H23FN2O3.ClH/c1-11-6-13(3-4-19-11)17(21)20-5-2-12-7-15(18)8-14-9-22-10-23-16(12)14;/h7-8,11,13,19H,2-6,9-10H2,1H3,(H,20,21);1H/t11-,13-;/m0./s1. The summed E-state index contributed by atoms with van der Waals surface area (Å²) in [5.74, 6) is 0.555. The zero-order valence-electron chi connectivity index (χ0n) is 13.8. The van der Waals surface area contributed by atoms with Crippen molar-refractivity contribution in [1.29, 1.82) is 0 Å². The fourth-order valence-electron chi connectivity index (χ4n) is 3.28. The van der Waals surface area contributed by atoms with Crippen LogP contribution in [0.25, 0.3) is 0 Å². The van der Waals surface area contributed by atoms with Gasteiger partial charge in [0.25, 0.3) is 0 Å². The summed E-state index contributed by atoms with van der Waals surface area (Å²) in [4.78, 5) is 12.2. The molecule has 1 saturated heterocycles. The summed E-state index contributed by atoms with van der Waals surface area (Å²) in [6.45, 7) is 4.00. The first kappa shape index (κ1) is 19.0. The summed E-state index contributed by atoms with van der Waals surface area (Å²) in [6.07, 6.45) is 2.28. The minimum absolute atomic E-state index is 0. The number of hydrogen-bond acceptors (Lipinski definition) is 4. The van der Waals surface area contributed by atoms with E-state index in [1.165, 1.54) is 12.1 Å². The Kier molecular flexibility index (Phi) is 6.83. The highest BCUT2D eigenvalue weighted by molar-refractivity contribution is 5.85. The topological polar surface area (TPSA) is 59.6 Å². The van der Waals surface area contributed by atoms with E-state index in [1.54, 1.807) is 0 Å². The summed E-state index contributed by atoms with van der Waals surface area (Å²) >= 11 is 0. The van der Waals surface area contributed by atoms with E-state index in [2.05, 4.69) is 17.6 Å². The fraction of sp³-hybridized carbons (Fsp3) is 0.588. The molecule has 2 aliphatic heterocycles. The predicted molar refractivity (Wildman–Crippen MR) is 90.8 cm³/mol.